The maximum absolute atomic E-state index is 12.4. The second-order valence-corrected chi connectivity index (χ2v) is 5.70. The van der Waals surface area contributed by atoms with Gasteiger partial charge in [-0.25, -0.2) is 0 Å². The van der Waals surface area contributed by atoms with E-state index in [4.69, 9.17) is 9.47 Å². The first kappa shape index (κ1) is 18.2. The predicted octanol–water partition coefficient (Wildman–Crippen LogP) is 2.46. The number of aliphatic hydroxyl groups excluding tert-OH is 1. The number of aliphatic hydroxyl groups is 1. The molecule has 0 radical (unpaired) electrons. The summed E-state index contributed by atoms with van der Waals surface area (Å²) in [6.45, 7) is 5.32. The Labute approximate surface area is 131 Å². The summed E-state index contributed by atoms with van der Waals surface area (Å²) >= 11 is 0. The van der Waals surface area contributed by atoms with Crippen LogP contribution in [0.4, 0.5) is 0 Å². The average molecular weight is 308 g/mol. The topological polar surface area (TPSA) is 72.8 Å². The van der Waals surface area contributed by atoms with Crippen molar-refractivity contribution < 1.29 is 24.2 Å². The van der Waals surface area contributed by atoms with Crippen molar-refractivity contribution in [2.75, 3.05) is 7.11 Å². The molecule has 0 saturated heterocycles. The molecule has 0 aliphatic heterocycles. The zero-order valence-electron chi connectivity index (χ0n) is 13.5. The smallest absolute Gasteiger partial charge is 0.314 e. The van der Waals surface area contributed by atoms with Gasteiger partial charge in [-0.05, 0) is 31.4 Å². The lowest BCUT2D eigenvalue weighted by Crippen LogP contribution is -2.31. The summed E-state index contributed by atoms with van der Waals surface area (Å²) in [6, 6.07) is 6.89. The van der Waals surface area contributed by atoms with Gasteiger partial charge in [-0.3, -0.25) is 4.79 Å². The molecular formula is C17H24O5. The zero-order chi connectivity index (χ0) is 16.7. The molecule has 0 bridgehead atoms. The van der Waals surface area contributed by atoms with Gasteiger partial charge < -0.3 is 19.4 Å². The van der Waals surface area contributed by atoms with E-state index in [2.05, 4.69) is 0 Å². The van der Waals surface area contributed by atoms with Crippen LogP contribution in [-0.4, -0.2) is 30.6 Å². The molecule has 0 heterocycles. The minimum atomic E-state index is -0.794. The van der Waals surface area contributed by atoms with E-state index >= 15 is 0 Å². The first-order valence-corrected chi connectivity index (χ1v) is 7.38. The monoisotopic (exact) mass is 308 g/mol. The van der Waals surface area contributed by atoms with E-state index in [1.807, 2.05) is 13.8 Å². The molecule has 3 unspecified atom stereocenters. The molecule has 1 aromatic rings. The minimum Gasteiger partial charge on any atom is -0.493 e. The number of methoxy groups -OCH3 is 1. The van der Waals surface area contributed by atoms with E-state index in [1.54, 1.807) is 31.2 Å². The molecule has 0 aliphatic rings. The quantitative estimate of drug-likeness (QED) is 0.454. The number of aldehydes is 1. The number of rotatable bonds is 8. The van der Waals surface area contributed by atoms with Crippen LogP contribution in [0.5, 0.6) is 11.5 Å². The van der Waals surface area contributed by atoms with E-state index in [0.717, 1.165) is 0 Å². The van der Waals surface area contributed by atoms with E-state index in [9.17, 15) is 14.7 Å². The summed E-state index contributed by atoms with van der Waals surface area (Å²) in [5.74, 6) is -0.677. The summed E-state index contributed by atoms with van der Waals surface area (Å²) in [5, 5.41) is 9.59. The van der Waals surface area contributed by atoms with Crippen molar-refractivity contribution in [2.24, 2.45) is 17.8 Å². The number of ether oxygens (including phenoxy) is 2. The van der Waals surface area contributed by atoms with Crippen molar-refractivity contribution in [3.8, 4) is 11.5 Å². The number of carbonyl (C=O) groups is 2. The SMILES string of the molecule is COc1ccccc1OC(=O)C(CC(C=O)C(C)O)C(C)C. The van der Waals surface area contributed by atoms with Gasteiger partial charge >= 0.3 is 5.97 Å². The zero-order valence-corrected chi connectivity index (χ0v) is 13.5. The molecule has 22 heavy (non-hydrogen) atoms. The highest BCUT2D eigenvalue weighted by atomic mass is 16.6. The molecule has 1 aromatic carbocycles. The van der Waals surface area contributed by atoms with Crippen LogP contribution in [0.25, 0.3) is 0 Å². The van der Waals surface area contributed by atoms with Crippen LogP contribution in [0.1, 0.15) is 27.2 Å². The summed E-state index contributed by atoms with van der Waals surface area (Å²) in [6.07, 6.45) is 0.154. The average Bonchev–Trinajstić information content (AvgIpc) is 2.47. The molecule has 5 heteroatoms. The standard InChI is InChI=1S/C17H24O5/c1-11(2)14(9-13(10-18)12(3)19)17(20)22-16-8-6-5-7-15(16)21-4/h5-8,10-14,19H,9H2,1-4H3. The Balaban J connectivity index is 2.87. The second kappa shape index (κ2) is 8.54. The normalized spacial score (nSPS) is 15.0. The fourth-order valence-corrected chi connectivity index (χ4v) is 2.19. The van der Waals surface area contributed by atoms with Crippen molar-refractivity contribution in [3.05, 3.63) is 24.3 Å². The van der Waals surface area contributed by atoms with Crippen molar-refractivity contribution in [1.29, 1.82) is 0 Å². The second-order valence-electron chi connectivity index (χ2n) is 5.70. The van der Waals surface area contributed by atoms with Crippen LogP contribution in [0.3, 0.4) is 0 Å². The van der Waals surface area contributed by atoms with Crippen molar-refractivity contribution >= 4 is 12.3 Å². The molecule has 0 aromatic heterocycles. The third-order valence-electron chi connectivity index (χ3n) is 3.71. The van der Waals surface area contributed by atoms with Gasteiger partial charge in [0.15, 0.2) is 11.5 Å². The fourth-order valence-electron chi connectivity index (χ4n) is 2.19. The van der Waals surface area contributed by atoms with Gasteiger partial charge in [-0.15, -0.1) is 0 Å². The molecule has 0 spiro atoms. The van der Waals surface area contributed by atoms with E-state index < -0.39 is 23.9 Å². The van der Waals surface area contributed by atoms with Gasteiger partial charge in [0.05, 0.1) is 19.1 Å². The maximum atomic E-state index is 12.4. The number of benzene rings is 1. The number of hydrogen-bond acceptors (Lipinski definition) is 5. The lowest BCUT2D eigenvalue weighted by molar-refractivity contribution is -0.141. The van der Waals surface area contributed by atoms with E-state index in [-0.39, 0.29) is 12.3 Å². The molecule has 1 N–H and O–H groups in total. The Morgan fingerprint density at radius 2 is 1.82 bits per heavy atom. The number of hydrogen-bond donors (Lipinski definition) is 1. The van der Waals surface area contributed by atoms with Gasteiger partial charge in [-0.1, -0.05) is 26.0 Å². The van der Waals surface area contributed by atoms with E-state index in [1.165, 1.54) is 7.11 Å². The minimum absolute atomic E-state index is 0.0107. The molecule has 0 fully saturated rings. The first-order valence-electron chi connectivity index (χ1n) is 7.38. The Hall–Kier alpha value is -1.88. The summed E-state index contributed by atoms with van der Waals surface area (Å²) in [7, 11) is 1.50. The molecule has 0 amide bonds. The number of esters is 1. The molecule has 0 aliphatic carbocycles. The maximum Gasteiger partial charge on any atom is 0.314 e. The van der Waals surface area contributed by atoms with E-state index in [0.29, 0.717) is 17.8 Å². The number of carbonyl (C=O) groups excluding carboxylic acids is 2. The van der Waals surface area contributed by atoms with Crippen molar-refractivity contribution in [2.45, 2.75) is 33.3 Å². The largest absolute Gasteiger partial charge is 0.493 e. The first-order chi connectivity index (χ1) is 10.4. The molecule has 122 valence electrons. The third kappa shape index (κ3) is 4.84. The van der Waals surface area contributed by atoms with Crippen LogP contribution in [-0.2, 0) is 9.59 Å². The summed E-state index contributed by atoms with van der Waals surface area (Å²) in [5.41, 5.74) is 0. The van der Waals surface area contributed by atoms with Crippen LogP contribution in [0, 0.1) is 17.8 Å². The third-order valence-corrected chi connectivity index (χ3v) is 3.71. The van der Waals surface area contributed by atoms with Crippen LogP contribution >= 0.6 is 0 Å². The predicted molar refractivity (Wildman–Crippen MR) is 82.8 cm³/mol. The Kier molecular flexibility index (Phi) is 7.05. The van der Waals surface area contributed by atoms with Crippen LogP contribution in [0.15, 0.2) is 24.3 Å². The molecule has 3 atom stereocenters. The lowest BCUT2D eigenvalue weighted by atomic mass is 9.85. The summed E-state index contributed by atoms with van der Waals surface area (Å²) in [4.78, 5) is 23.5. The van der Waals surface area contributed by atoms with Crippen molar-refractivity contribution in [1.82, 2.24) is 0 Å². The van der Waals surface area contributed by atoms with Gasteiger partial charge in [0.25, 0.3) is 0 Å². The van der Waals surface area contributed by atoms with Crippen LogP contribution < -0.4 is 9.47 Å². The molecule has 0 saturated carbocycles. The Bertz CT molecular complexity index is 496. The van der Waals surface area contributed by atoms with Gasteiger partial charge in [0.2, 0.25) is 0 Å². The molecular weight excluding hydrogens is 284 g/mol. The van der Waals surface area contributed by atoms with Gasteiger partial charge in [0, 0.05) is 5.92 Å². The Morgan fingerprint density at radius 3 is 2.27 bits per heavy atom. The highest BCUT2D eigenvalue weighted by Gasteiger charge is 2.30. The van der Waals surface area contributed by atoms with Crippen LogP contribution in [0.2, 0.25) is 0 Å². The molecule has 5 nitrogen and oxygen atoms in total. The van der Waals surface area contributed by atoms with Gasteiger partial charge in [0.1, 0.15) is 6.29 Å². The Morgan fingerprint density at radius 1 is 1.23 bits per heavy atom. The fraction of sp³-hybridized carbons (Fsp3) is 0.529. The molecule has 1 rings (SSSR count). The summed E-state index contributed by atoms with van der Waals surface area (Å²) < 4.78 is 10.6. The number of para-hydroxylation sites is 2. The van der Waals surface area contributed by atoms with Crippen molar-refractivity contribution in [3.63, 3.8) is 0 Å². The highest BCUT2D eigenvalue weighted by molar-refractivity contribution is 5.76. The highest BCUT2D eigenvalue weighted by Crippen LogP contribution is 2.29. The lowest BCUT2D eigenvalue weighted by Gasteiger charge is -2.23. The van der Waals surface area contributed by atoms with Gasteiger partial charge in [-0.2, -0.15) is 0 Å².